The Labute approximate surface area is 174 Å². The Balaban J connectivity index is 0.00000225. The molecule has 2 aromatic carbocycles. The third-order valence-corrected chi connectivity index (χ3v) is 3.96. The Kier molecular flexibility index (Phi) is 8.32. The van der Waals surface area contributed by atoms with E-state index in [0.717, 1.165) is 23.3 Å². The van der Waals surface area contributed by atoms with Crippen LogP contribution in [0.1, 0.15) is 29.2 Å². The van der Waals surface area contributed by atoms with Gasteiger partial charge in [0.05, 0.1) is 11.1 Å². The van der Waals surface area contributed by atoms with Gasteiger partial charge < -0.3 is 14.9 Å². The molecule has 3 rings (SSSR count). The van der Waals surface area contributed by atoms with Gasteiger partial charge in [-0.15, -0.1) is 0 Å². The van der Waals surface area contributed by atoms with Gasteiger partial charge in [0.15, 0.2) is 0 Å². The van der Waals surface area contributed by atoms with E-state index in [1.54, 1.807) is 18.2 Å². The molecule has 2 aromatic rings. The predicted octanol–water partition coefficient (Wildman–Crippen LogP) is 7.25. The minimum Gasteiger partial charge on any atom is -0.358 e. The fourth-order valence-electron chi connectivity index (χ4n) is 2.90. The van der Waals surface area contributed by atoms with Crippen LogP contribution < -0.4 is 0 Å². The summed E-state index contributed by atoms with van der Waals surface area (Å²) in [6.07, 6.45) is -7.24. The Hall–Kier alpha value is -1.36. The van der Waals surface area contributed by atoms with Gasteiger partial charge in [0.2, 0.25) is 0 Å². The first-order valence-electron chi connectivity index (χ1n) is 7.14. The zero-order valence-electron chi connectivity index (χ0n) is 15.0. The smallest absolute Gasteiger partial charge is 0.358 e. The first-order valence-corrected chi connectivity index (χ1v) is 7.14. The second kappa shape index (κ2) is 8.77. The van der Waals surface area contributed by atoms with Crippen LogP contribution in [0, 0.1) is 14.9 Å². The van der Waals surface area contributed by atoms with E-state index in [2.05, 4.69) is 0 Å². The van der Waals surface area contributed by atoms with Crippen LogP contribution in [-0.2, 0) is 45.0 Å². The van der Waals surface area contributed by atoms with Crippen LogP contribution in [0.2, 0.25) is 0 Å². The molecule has 7 heteroatoms. The van der Waals surface area contributed by atoms with Crippen molar-refractivity contribution in [2.45, 2.75) is 25.7 Å². The van der Waals surface area contributed by atoms with Gasteiger partial charge in [-0.2, -0.15) is 26.3 Å². The van der Waals surface area contributed by atoms with Crippen molar-refractivity contribution in [2.75, 3.05) is 0 Å². The molecule has 1 aliphatic rings. The normalized spacial score (nSPS) is 12.9. The minimum atomic E-state index is -4.85. The van der Waals surface area contributed by atoms with Gasteiger partial charge in [-0.3, -0.25) is 0 Å². The van der Waals surface area contributed by atoms with Crippen molar-refractivity contribution in [1.29, 1.82) is 0 Å². The van der Waals surface area contributed by atoms with E-state index in [-0.39, 0.29) is 52.7 Å². The van der Waals surface area contributed by atoms with Gasteiger partial charge in [-0.25, -0.2) is 0 Å². The molecule has 1 aliphatic carbocycles. The Morgan fingerprint density at radius 3 is 1.81 bits per heavy atom. The Morgan fingerprint density at radius 2 is 1.33 bits per heavy atom. The maximum atomic E-state index is 13.0. The molecule has 0 unspecified atom stereocenters. The zero-order chi connectivity index (χ0) is 17.7. The predicted molar refractivity (Wildman–Crippen MR) is 92.1 cm³/mol. The monoisotopic (exact) mass is 462 g/mol. The maximum absolute atomic E-state index is 13.0. The first kappa shape index (κ1) is 25.6. The quantitative estimate of drug-likeness (QED) is 0.309. The van der Waals surface area contributed by atoms with E-state index >= 15 is 0 Å². The van der Waals surface area contributed by atoms with Crippen molar-refractivity contribution in [1.82, 2.24) is 0 Å². The van der Waals surface area contributed by atoms with Crippen LogP contribution in [0.25, 0.3) is 17.2 Å². The van der Waals surface area contributed by atoms with E-state index in [1.165, 1.54) is 0 Å². The first-order chi connectivity index (χ1) is 11.1. The summed E-state index contributed by atoms with van der Waals surface area (Å²) in [7, 11) is 0. The van der Waals surface area contributed by atoms with E-state index in [1.807, 2.05) is 13.0 Å². The SMILES string of the molecule is CC1=Cc2c(cccc2-c2cc(C(F)(F)F)cc(C(F)(F)F)c2)C1.[CH3-].[CH3-].[Zr+2]. The maximum Gasteiger partial charge on any atom is 2.00 e. The van der Waals surface area contributed by atoms with Crippen molar-refractivity contribution < 1.29 is 52.5 Å². The minimum absolute atomic E-state index is 0. The van der Waals surface area contributed by atoms with Crippen LogP contribution >= 0.6 is 0 Å². The summed E-state index contributed by atoms with van der Waals surface area (Å²) >= 11 is 0. The van der Waals surface area contributed by atoms with Crippen molar-refractivity contribution >= 4 is 6.08 Å². The molecule has 0 radical (unpaired) electrons. The van der Waals surface area contributed by atoms with Crippen LogP contribution in [0.5, 0.6) is 0 Å². The van der Waals surface area contributed by atoms with Crippen LogP contribution in [0.15, 0.2) is 42.0 Å². The second-order valence-electron chi connectivity index (χ2n) is 5.84. The molecule has 0 spiro atoms. The van der Waals surface area contributed by atoms with E-state index in [0.29, 0.717) is 17.5 Å². The number of allylic oxidation sites excluding steroid dienone is 1. The number of halogens is 6. The third-order valence-electron chi connectivity index (χ3n) is 3.96. The molecular formula is C20H18F6Zr. The van der Waals surface area contributed by atoms with Crippen LogP contribution in [0.3, 0.4) is 0 Å². The van der Waals surface area contributed by atoms with Gasteiger partial charge in [0, 0.05) is 0 Å². The van der Waals surface area contributed by atoms with E-state index in [4.69, 9.17) is 0 Å². The molecule has 0 saturated heterocycles. The molecule has 0 saturated carbocycles. The molecular weight excluding hydrogens is 445 g/mol. The van der Waals surface area contributed by atoms with Crippen LogP contribution in [-0.4, -0.2) is 0 Å². The molecule has 0 N–H and O–H groups in total. The van der Waals surface area contributed by atoms with Gasteiger partial charge in [-0.05, 0) is 53.8 Å². The van der Waals surface area contributed by atoms with Crippen LogP contribution in [0.4, 0.5) is 26.3 Å². The number of benzene rings is 2. The molecule has 144 valence electrons. The van der Waals surface area contributed by atoms with Gasteiger partial charge >= 0.3 is 38.6 Å². The Morgan fingerprint density at radius 1 is 0.815 bits per heavy atom. The summed E-state index contributed by atoms with van der Waals surface area (Å²) in [5.41, 5.74) is 0.284. The molecule has 0 aromatic heterocycles. The number of alkyl halides is 6. The van der Waals surface area contributed by atoms with Gasteiger partial charge in [0.25, 0.3) is 0 Å². The van der Waals surface area contributed by atoms with Crippen molar-refractivity contribution in [3.05, 3.63) is 79.1 Å². The summed E-state index contributed by atoms with van der Waals surface area (Å²) < 4.78 is 78.1. The molecule has 0 heterocycles. The number of hydrogen-bond acceptors (Lipinski definition) is 0. The molecule has 0 atom stereocenters. The summed E-state index contributed by atoms with van der Waals surface area (Å²) in [6.45, 7) is 1.87. The Bertz CT molecular complexity index is 799. The van der Waals surface area contributed by atoms with Crippen molar-refractivity contribution in [2.24, 2.45) is 0 Å². The van der Waals surface area contributed by atoms with Crippen molar-refractivity contribution in [3.8, 4) is 11.1 Å². The number of fused-ring (bicyclic) bond motifs is 1. The number of hydrogen-bond donors (Lipinski definition) is 0. The van der Waals surface area contributed by atoms with Crippen molar-refractivity contribution in [3.63, 3.8) is 0 Å². The fraction of sp³-hybridized carbons (Fsp3) is 0.200. The average Bonchev–Trinajstić information content (AvgIpc) is 2.84. The molecule has 0 fully saturated rings. The van der Waals surface area contributed by atoms with Gasteiger partial charge in [-0.1, -0.05) is 29.8 Å². The topological polar surface area (TPSA) is 0 Å². The second-order valence-corrected chi connectivity index (χ2v) is 5.84. The fourth-order valence-corrected chi connectivity index (χ4v) is 2.90. The summed E-state index contributed by atoms with van der Waals surface area (Å²) in [4.78, 5) is 0. The van der Waals surface area contributed by atoms with E-state index in [9.17, 15) is 26.3 Å². The summed E-state index contributed by atoms with van der Waals surface area (Å²) in [5, 5.41) is 0. The molecule has 0 amide bonds. The molecule has 0 aliphatic heterocycles. The largest absolute Gasteiger partial charge is 2.00 e. The standard InChI is InChI=1S/C18H12F6.2CH3.Zr/c1-10-5-11-3-2-4-15(16(11)6-10)12-7-13(17(19,20)21)9-14(8-12)18(22,23)24;;;/h2-4,6-9H,5H2,1H3;2*1H3;/q;2*-1;+2. The summed E-state index contributed by atoms with van der Waals surface area (Å²) in [5.74, 6) is 0. The third kappa shape index (κ3) is 5.34. The van der Waals surface area contributed by atoms with Gasteiger partial charge in [0.1, 0.15) is 0 Å². The summed E-state index contributed by atoms with van der Waals surface area (Å²) in [6, 6.07) is 6.70. The van der Waals surface area contributed by atoms with E-state index < -0.39 is 23.5 Å². The zero-order valence-corrected chi connectivity index (χ0v) is 17.5. The number of rotatable bonds is 1. The molecule has 27 heavy (non-hydrogen) atoms. The molecule has 0 nitrogen and oxygen atoms in total. The average molecular weight is 464 g/mol. The molecule has 0 bridgehead atoms.